The van der Waals surface area contributed by atoms with Gasteiger partial charge in [0.1, 0.15) is 5.75 Å². The van der Waals surface area contributed by atoms with Gasteiger partial charge in [0, 0.05) is 5.88 Å². The van der Waals surface area contributed by atoms with Crippen molar-refractivity contribution < 1.29 is 23.0 Å². The molecule has 0 aliphatic carbocycles. The zero-order valence-electron chi connectivity index (χ0n) is 10.5. The topological polar surface area (TPSA) is 35.5 Å². The zero-order chi connectivity index (χ0) is 14.3. The van der Waals surface area contributed by atoms with Crippen molar-refractivity contribution in [3.63, 3.8) is 0 Å². The molecule has 0 spiro atoms. The van der Waals surface area contributed by atoms with Crippen LogP contribution in [0.25, 0.3) is 0 Å². The van der Waals surface area contributed by atoms with E-state index in [4.69, 9.17) is 16.3 Å². The maximum atomic E-state index is 12.3. The summed E-state index contributed by atoms with van der Waals surface area (Å²) in [6, 6.07) is 4.38. The summed E-state index contributed by atoms with van der Waals surface area (Å²) in [5.74, 6) is -0.149. The Morgan fingerprint density at radius 3 is 2.74 bits per heavy atom. The second-order valence-corrected chi connectivity index (χ2v) is 4.09. The van der Waals surface area contributed by atoms with Gasteiger partial charge in [-0.15, -0.1) is 11.6 Å². The molecule has 1 aromatic rings. The summed E-state index contributed by atoms with van der Waals surface area (Å²) >= 11 is 5.57. The van der Waals surface area contributed by atoms with Crippen LogP contribution < -0.4 is 4.74 Å². The summed E-state index contributed by atoms with van der Waals surface area (Å²) in [7, 11) is 0. The monoisotopic (exact) mass is 292 g/mol. The molecule has 0 unspecified atom stereocenters. The molecule has 0 fully saturated rings. The molecule has 6 heteroatoms. The van der Waals surface area contributed by atoms with E-state index >= 15 is 0 Å². The van der Waals surface area contributed by atoms with Crippen LogP contribution in [0.1, 0.15) is 29.3 Å². The highest BCUT2D eigenvalue weighted by Crippen LogP contribution is 2.24. The smallest absolute Gasteiger partial charge is 0.387 e. The van der Waals surface area contributed by atoms with Gasteiger partial charge in [-0.05, 0) is 37.5 Å². The lowest BCUT2D eigenvalue weighted by Gasteiger charge is -2.12. The average Bonchev–Trinajstić information content (AvgIpc) is 2.36. The fourth-order valence-electron chi connectivity index (χ4n) is 1.57. The normalized spacial score (nSPS) is 10.6. The quantitative estimate of drug-likeness (QED) is 0.568. The molecule has 0 aliphatic heterocycles. The lowest BCUT2D eigenvalue weighted by atomic mass is 10.1. The summed E-state index contributed by atoms with van der Waals surface area (Å²) in [5, 5.41) is 0. The Hall–Kier alpha value is -1.36. The molecule has 0 bridgehead atoms. The van der Waals surface area contributed by atoms with Crippen molar-refractivity contribution in [1.82, 2.24) is 0 Å². The molecule has 0 saturated carbocycles. The Labute approximate surface area is 115 Å². The molecule has 0 saturated heterocycles. The van der Waals surface area contributed by atoms with Gasteiger partial charge in [0.25, 0.3) is 0 Å². The summed E-state index contributed by atoms with van der Waals surface area (Å²) < 4.78 is 33.9. The van der Waals surface area contributed by atoms with Crippen LogP contribution in [0.4, 0.5) is 8.78 Å². The van der Waals surface area contributed by atoms with Crippen molar-refractivity contribution >= 4 is 17.6 Å². The van der Waals surface area contributed by atoms with Crippen molar-refractivity contribution in [2.24, 2.45) is 0 Å². The second-order valence-electron chi connectivity index (χ2n) is 3.71. The Balaban J connectivity index is 2.96. The lowest BCUT2D eigenvalue weighted by Crippen LogP contribution is -2.09. The molecule has 19 heavy (non-hydrogen) atoms. The highest BCUT2D eigenvalue weighted by atomic mass is 35.5. The summed E-state index contributed by atoms with van der Waals surface area (Å²) in [5.41, 5.74) is 0.779. The Bertz CT molecular complexity index is 424. The minimum atomic E-state index is -2.94. The summed E-state index contributed by atoms with van der Waals surface area (Å²) in [4.78, 5) is 11.5. The Morgan fingerprint density at radius 1 is 1.42 bits per heavy atom. The fourth-order valence-corrected chi connectivity index (χ4v) is 1.70. The van der Waals surface area contributed by atoms with E-state index in [2.05, 4.69) is 4.74 Å². The molecule has 0 atom stereocenters. The number of ether oxygens (including phenoxy) is 2. The van der Waals surface area contributed by atoms with Gasteiger partial charge >= 0.3 is 12.6 Å². The van der Waals surface area contributed by atoms with Crippen LogP contribution in [-0.4, -0.2) is 25.1 Å². The third kappa shape index (κ3) is 5.03. The molecule has 0 heterocycles. The largest absolute Gasteiger partial charge is 0.462 e. The third-order valence-electron chi connectivity index (χ3n) is 2.37. The molecule has 0 aromatic heterocycles. The number of carbonyl (C=O) groups excluding carboxylic acids is 1. The predicted molar refractivity (Wildman–Crippen MR) is 68.1 cm³/mol. The highest BCUT2D eigenvalue weighted by molar-refractivity contribution is 6.17. The number of esters is 1. The number of hydrogen-bond donors (Lipinski definition) is 0. The van der Waals surface area contributed by atoms with Crippen LogP contribution in [0, 0.1) is 0 Å². The zero-order valence-corrected chi connectivity index (χ0v) is 11.3. The first-order valence-electron chi connectivity index (χ1n) is 5.89. The van der Waals surface area contributed by atoms with E-state index in [1.54, 1.807) is 13.0 Å². The van der Waals surface area contributed by atoms with Crippen LogP contribution in [0.3, 0.4) is 0 Å². The average molecular weight is 293 g/mol. The highest BCUT2D eigenvalue weighted by Gasteiger charge is 2.14. The molecular weight excluding hydrogens is 278 g/mol. The van der Waals surface area contributed by atoms with Gasteiger partial charge in [0.2, 0.25) is 0 Å². The molecule has 0 radical (unpaired) electrons. The number of alkyl halides is 3. The Morgan fingerprint density at radius 2 is 2.16 bits per heavy atom. The summed E-state index contributed by atoms with van der Waals surface area (Å²) in [6.07, 6.45) is 1.15. The van der Waals surface area contributed by atoms with Crippen molar-refractivity contribution in [1.29, 1.82) is 0 Å². The van der Waals surface area contributed by atoms with Gasteiger partial charge in [-0.25, -0.2) is 4.79 Å². The maximum Gasteiger partial charge on any atom is 0.387 e. The van der Waals surface area contributed by atoms with Crippen molar-refractivity contribution in [3.05, 3.63) is 29.3 Å². The van der Waals surface area contributed by atoms with Crippen molar-refractivity contribution in [3.8, 4) is 5.75 Å². The van der Waals surface area contributed by atoms with Crippen LogP contribution in [0.15, 0.2) is 18.2 Å². The first-order valence-corrected chi connectivity index (χ1v) is 6.42. The molecule has 1 rings (SSSR count). The van der Waals surface area contributed by atoms with E-state index in [9.17, 15) is 13.6 Å². The number of carbonyl (C=O) groups is 1. The third-order valence-corrected chi connectivity index (χ3v) is 2.64. The first-order chi connectivity index (χ1) is 9.08. The van der Waals surface area contributed by atoms with Crippen LogP contribution in [0.2, 0.25) is 0 Å². The molecule has 0 amide bonds. The van der Waals surface area contributed by atoms with E-state index < -0.39 is 12.6 Å². The van der Waals surface area contributed by atoms with Crippen molar-refractivity contribution in [2.75, 3.05) is 12.5 Å². The molecule has 3 nitrogen and oxygen atoms in total. The molecule has 0 aliphatic rings. The SMILES string of the molecule is CCOC(=O)c1ccc(CCCCl)c(OC(F)F)c1. The maximum absolute atomic E-state index is 12.3. The van der Waals surface area contributed by atoms with E-state index in [0.717, 1.165) is 0 Å². The van der Waals surface area contributed by atoms with Crippen LogP contribution in [-0.2, 0) is 11.2 Å². The number of halogens is 3. The van der Waals surface area contributed by atoms with E-state index in [1.165, 1.54) is 12.1 Å². The number of benzene rings is 1. The first kappa shape index (κ1) is 15.7. The van der Waals surface area contributed by atoms with E-state index in [1.807, 2.05) is 0 Å². The minimum Gasteiger partial charge on any atom is -0.462 e. The molecule has 1 aromatic carbocycles. The molecule has 106 valence electrons. The van der Waals surface area contributed by atoms with Crippen LogP contribution in [0.5, 0.6) is 5.75 Å². The molecule has 0 N–H and O–H groups in total. The van der Waals surface area contributed by atoms with Crippen LogP contribution >= 0.6 is 11.6 Å². The second kappa shape index (κ2) is 7.94. The predicted octanol–water partition coefficient (Wildman–Crippen LogP) is 3.64. The minimum absolute atomic E-state index is 0.00864. The van der Waals surface area contributed by atoms with Gasteiger partial charge in [0.05, 0.1) is 12.2 Å². The number of hydrogen-bond acceptors (Lipinski definition) is 3. The van der Waals surface area contributed by atoms with Gasteiger partial charge in [-0.3, -0.25) is 0 Å². The molecular formula is C13H15ClF2O3. The van der Waals surface area contributed by atoms with Gasteiger partial charge < -0.3 is 9.47 Å². The Kier molecular flexibility index (Phi) is 6.56. The van der Waals surface area contributed by atoms with Gasteiger partial charge in [0.15, 0.2) is 0 Å². The summed E-state index contributed by atoms with van der Waals surface area (Å²) in [6.45, 7) is -1.05. The lowest BCUT2D eigenvalue weighted by molar-refractivity contribution is -0.0505. The van der Waals surface area contributed by atoms with Gasteiger partial charge in [-0.1, -0.05) is 6.07 Å². The van der Waals surface area contributed by atoms with Crippen molar-refractivity contribution in [2.45, 2.75) is 26.4 Å². The van der Waals surface area contributed by atoms with E-state index in [-0.39, 0.29) is 17.9 Å². The number of aryl methyl sites for hydroxylation is 1. The van der Waals surface area contributed by atoms with Gasteiger partial charge in [-0.2, -0.15) is 8.78 Å². The van der Waals surface area contributed by atoms with E-state index in [0.29, 0.717) is 24.3 Å². The number of rotatable bonds is 7. The standard InChI is InChI=1S/C13H15ClF2O3/c1-2-18-12(17)10-6-5-9(4-3-7-14)11(8-10)19-13(15)16/h5-6,8,13H,2-4,7H2,1H3. The fraction of sp³-hybridized carbons (Fsp3) is 0.462.